The van der Waals surface area contributed by atoms with E-state index in [4.69, 9.17) is 0 Å². The van der Waals surface area contributed by atoms with Gasteiger partial charge in [0.2, 0.25) is 5.43 Å². The molecule has 5 rings (SSSR count). The molecule has 32 heavy (non-hydrogen) atoms. The fraction of sp³-hybridized carbons (Fsp3) is 0.115. The molecule has 158 valence electrons. The number of benzene rings is 3. The van der Waals surface area contributed by atoms with Crippen molar-refractivity contribution in [2.45, 2.75) is 19.0 Å². The van der Waals surface area contributed by atoms with Crippen molar-refractivity contribution in [2.75, 3.05) is 0 Å². The number of carbonyl (C=O) groups excluding carboxylic acids is 1. The predicted molar refractivity (Wildman–Crippen MR) is 119 cm³/mol. The van der Waals surface area contributed by atoms with Crippen LogP contribution in [0.5, 0.6) is 0 Å². The van der Waals surface area contributed by atoms with Crippen LogP contribution in [0.25, 0.3) is 5.69 Å². The van der Waals surface area contributed by atoms with Gasteiger partial charge in [0, 0.05) is 18.8 Å². The lowest BCUT2D eigenvalue weighted by molar-refractivity contribution is 0.0628. The average molecular weight is 425 g/mol. The first-order valence-electron chi connectivity index (χ1n) is 10.4. The van der Waals surface area contributed by atoms with Crippen LogP contribution in [0.2, 0.25) is 0 Å². The number of halogens is 1. The summed E-state index contributed by atoms with van der Waals surface area (Å²) in [6, 6.07) is 24.7. The Hall–Kier alpha value is -4.06. The van der Waals surface area contributed by atoms with Gasteiger partial charge in [-0.25, -0.2) is 9.07 Å². The molecule has 0 aliphatic carbocycles. The molecule has 5 nitrogen and oxygen atoms in total. The molecule has 4 aromatic rings. The molecule has 1 amide bonds. The Morgan fingerprint density at radius 1 is 0.875 bits per heavy atom. The highest BCUT2D eigenvalue weighted by atomic mass is 19.1. The zero-order chi connectivity index (χ0) is 22.1. The Bertz CT molecular complexity index is 1330. The fourth-order valence-corrected chi connectivity index (χ4v) is 4.14. The van der Waals surface area contributed by atoms with Gasteiger partial charge < -0.3 is 4.90 Å². The van der Waals surface area contributed by atoms with Crippen LogP contribution in [-0.4, -0.2) is 20.6 Å². The first-order valence-corrected chi connectivity index (χ1v) is 10.4. The second-order valence-corrected chi connectivity index (χ2v) is 7.78. The average Bonchev–Trinajstić information content (AvgIpc) is 2.84. The van der Waals surface area contributed by atoms with Crippen molar-refractivity contribution in [3.05, 3.63) is 130 Å². The minimum absolute atomic E-state index is 0.155. The van der Waals surface area contributed by atoms with Crippen molar-refractivity contribution >= 4 is 5.91 Å². The number of fused-ring (bicyclic) bond motifs is 1. The maximum absolute atomic E-state index is 13.6. The van der Waals surface area contributed by atoms with Gasteiger partial charge in [-0.05, 0) is 47.4 Å². The van der Waals surface area contributed by atoms with Gasteiger partial charge in [0.1, 0.15) is 5.82 Å². The zero-order valence-electron chi connectivity index (χ0n) is 17.2. The molecule has 3 aromatic carbocycles. The third-order valence-corrected chi connectivity index (χ3v) is 5.80. The molecule has 0 radical (unpaired) electrons. The number of rotatable bonds is 3. The summed E-state index contributed by atoms with van der Waals surface area (Å²) >= 11 is 0. The monoisotopic (exact) mass is 425 g/mol. The van der Waals surface area contributed by atoms with E-state index in [-0.39, 0.29) is 17.6 Å². The van der Waals surface area contributed by atoms with Gasteiger partial charge in [-0.2, -0.15) is 5.10 Å². The molecule has 1 atom stereocenters. The smallest absolute Gasteiger partial charge is 0.279 e. The van der Waals surface area contributed by atoms with Gasteiger partial charge >= 0.3 is 0 Å². The van der Waals surface area contributed by atoms with Gasteiger partial charge in [-0.1, -0.05) is 54.6 Å². The quantitative estimate of drug-likeness (QED) is 0.492. The van der Waals surface area contributed by atoms with E-state index in [1.54, 1.807) is 17.0 Å². The summed E-state index contributed by atoms with van der Waals surface area (Å²) in [5.74, 6) is -0.793. The van der Waals surface area contributed by atoms with E-state index in [2.05, 4.69) is 11.2 Å². The molecule has 1 aromatic heterocycles. The van der Waals surface area contributed by atoms with Crippen LogP contribution in [0.1, 0.15) is 33.2 Å². The lowest BCUT2D eigenvalue weighted by Crippen LogP contribution is -2.41. The van der Waals surface area contributed by atoms with Gasteiger partial charge in [-0.15, -0.1) is 0 Å². The number of amides is 1. The number of hydrogen-bond acceptors (Lipinski definition) is 3. The number of carbonyl (C=O) groups is 1. The van der Waals surface area contributed by atoms with Crippen LogP contribution in [0.15, 0.2) is 95.9 Å². The van der Waals surface area contributed by atoms with Crippen LogP contribution < -0.4 is 5.43 Å². The van der Waals surface area contributed by atoms with Crippen LogP contribution in [0.3, 0.4) is 0 Å². The normalized spacial score (nSPS) is 15.3. The Labute approximate surface area is 184 Å². The van der Waals surface area contributed by atoms with Gasteiger partial charge in [0.25, 0.3) is 5.91 Å². The fourth-order valence-electron chi connectivity index (χ4n) is 4.14. The molecule has 1 unspecified atom stereocenters. The maximum Gasteiger partial charge on any atom is 0.279 e. The van der Waals surface area contributed by atoms with E-state index in [0.29, 0.717) is 18.7 Å². The lowest BCUT2D eigenvalue weighted by atomic mass is 9.89. The summed E-state index contributed by atoms with van der Waals surface area (Å²) in [6.45, 7) is 0.390. The topological polar surface area (TPSA) is 55.2 Å². The van der Waals surface area contributed by atoms with Crippen molar-refractivity contribution in [3.63, 3.8) is 0 Å². The summed E-state index contributed by atoms with van der Waals surface area (Å²) in [7, 11) is 0. The molecule has 0 bridgehead atoms. The van der Waals surface area contributed by atoms with E-state index >= 15 is 0 Å². The first-order chi connectivity index (χ1) is 15.6. The largest absolute Gasteiger partial charge is 0.325 e. The third-order valence-electron chi connectivity index (χ3n) is 5.80. The van der Waals surface area contributed by atoms with Crippen molar-refractivity contribution in [1.82, 2.24) is 14.7 Å². The highest BCUT2D eigenvalue weighted by molar-refractivity contribution is 5.92. The SMILES string of the molecule is O=C(c1nn(-c2ccc(F)cc2)ccc1=O)N1Cc2ccccc2CC1c1ccccc1. The van der Waals surface area contributed by atoms with Crippen molar-refractivity contribution in [3.8, 4) is 5.69 Å². The van der Waals surface area contributed by atoms with Gasteiger partial charge in [-0.3, -0.25) is 9.59 Å². The van der Waals surface area contributed by atoms with Crippen molar-refractivity contribution < 1.29 is 9.18 Å². The summed E-state index contributed by atoms with van der Waals surface area (Å²) in [5, 5.41) is 4.32. The second-order valence-electron chi connectivity index (χ2n) is 7.78. The number of hydrogen-bond donors (Lipinski definition) is 0. The second kappa shape index (κ2) is 8.23. The van der Waals surface area contributed by atoms with Gasteiger partial charge in [0.15, 0.2) is 5.69 Å². The molecule has 1 aliphatic rings. The third kappa shape index (κ3) is 3.71. The predicted octanol–water partition coefficient (Wildman–Crippen LogP) is 4.31. The van der Waals surface area contributed by atoms with Crippen molar-refractivity contribution in [2.24, 2.45) is 0 Å². The molecule has 0 saturated carbocycles. The highest BCUT2D eigenvalue weighted by Crippen LogP contribution is 2.33. The van der Waals surface area contributed by atoms with E-state index in [1.165, 1.54) is 34.6 Å². The van der Waals surface area contributed by atoms with Crippen LogP contribution in [-0.2, 0) is 13.0 Å². The molecule has 1 aliphatic heterocycles. The molecule has 6 heteroatoms. The summed E-state index contributed by atoms with van der Waals surface area (Å²) in [6.07, 6.45) is 2.14. The Morgan fingerprint density at radius 2 is 1.56 bits per heavy atom. The van der Waals surface area contributed by atoms with E-state index < -0.39 is 11.3 Å². The van der Waals surface area contributed by atoms with Crippen molar-refractivity contribution in [1.29, 1.82) is 0 Å². The highest BCUT2D eigenvalue weighted by Gasteiger charge is 2.33. The zero-order valence-corrected chi connectivity index (χ0v) is 17.2. The van der Waals surface area contributed by atoms with E-state index in [9.17, 15) is 14.0 Å². The molecule has 2 heterocycles. The summed E-state index contributed by atoms with van der Waals surface area (Å²) in [5.41, 5.74) is 3.21. The van der Waals surface area contributed by atoms with Gasteiger partial charge in [0.05, 0.1) is 11.7 Å². The van der Waals surface area contributed by atoms with E-state index in [1.807, 2.05) is 48.5 Å². The Morgan fingerprint density at radius 3 is 2.31 bits per heavy atom. The summed E-state index contributed by atoms with van der Waals surface area (Å²) in [4.78, 5) is 28.0. The van der Waals surface area contributed by atoms with Crippen LogP contribution in [0.4, 0.5) is 4.39 Å². The molecule has 0 saturated heterocycles. The Balaban J connectivity index is 1.56. The molecule has 0 spiro atoms. The number of aromatic nitrogens is 2. The minimum Gasteiger partial charge on any atom is -0.325 e. The van der Waals surface area contributed by atoms with Crippen LogP contribution >= 0.6 is 0 Å². The minimum atomic E-state index is -0.445. The lowest BCUT2D eigenvalue weighted by Gasteiger charge is -2.37. The summed E-state index contributed by atoms with van der Waals surface area (Å²) < 4.78 is 14.7. The number of nitrogens with zero attached hydrogens (tertiary/aromatic N) is 3. The molecule has 0 N–H and O–H groups in total. The molecular weight excluding hydrogens is 405 g/mol. The van der Waals surface area contributed by atoms with E-state index in [0.717, 1.165) is 11.1 Å². The molecule has 0 fully saturated rings. The maximum atomic E-state index is 13.6. The van der Waals surface area contributed by atoms with Crippen LogP contribution in [0, 0.1) is 5.82 Å². The Kier molecular flexibility index (Phi) is 5.11. The standard InChI is InChI=1S/C26H20FN3O2/c27-21-10-12-22(13-11-21)30-15-14-24(31)25(28-30)26(32)29-17-20-9-5-4-8-19(20)16-23(29)18-6-2-1-3-7-18/h1-15,23H,16-17H2. The first kappa shape index (κ1) is 19.9. The molecular formula is C26H20FN3O2.